The minimum absolute atomic E-state index is 0.0596. The molecule has 1 aliphatic rings. The third-order valence-electron chi connectivity index (χ3n) is 7.27. The zero-order valence-corrected chi connectivity index (χ0v) is 28.2. The van der Waals surface area contributed by atoms with Crippen molar-refractivity contribution < 1.29 is 33.6 Å². The molecule has 1 rings (SSSR count). The van der Waals surface area contributed by atoms with E-state index in [1.807, 2.05) is 6.92 Å². The van der Waals surface area contributed by atoms with E-state index in [0.29, 0.717) is 37.3 Å². The number of unbranched alkanes of at least 4 members (excludes halogenated alkanes) is 3. The molecule has 0 aromatic heterocycles. The summed E-state index contributed by atoms with van der Waals surface area (Å²) in [5.74, 6) is 0.437. The molecule has 1 fully saturated rings. The Labute approximate surface area is 265 Å². The molecule has 1 unspecified atom stereocenters. The van der Waals surface area contributed by atoms with Crippen molar-refractivity contribution in [1.82, 2.24) is 15.5 Å². The van der Waals surface area contributed by atoms with Crippen LogP contribution in [-0.2, 0) is 33.6 Å². The van der Waals surface area contributed by atoms with E-state index in [1.54, 1.807) is 39.5 Å². The predicted octanol–water partition coefficient (Wildman–Crippen LogP) is 3.87. The Morgan fingerprint density at radius 2 is 1.53 bits per heavy atom. The molecule has 0 bridgehead atoms. The van der Waals surface area contributed by atoms with Crippen molar-refractivity contribution in [2.75, 3.05) is 23.8 Å². The summed E-state index contributed by atoms with van der Waals surface area (Å²) in [6.07, 6.45) is 6.40. The van der Waals surface area contributed by atoms with Crippen molar-refractivity contribution in [3.8, 4) is 0 Å². The van der Waals surface area contributed by atoms with Gasteiger partial charge in [0.15, 0.2) is 11.6 Å². The van der Waals surface area contributed by atoms with Gasteiger partial charge in [-0.25, -0.2) is 0 Å². The molecule has 1 aliphatic heterocycles. The number of Topliss-reactive ketones (excluding diaryl/α,β-unsaturated/α-hetero) is 3. The number of thioether (sulfide) groups is 2. The van der Waals surface area contributed by atoms with Crippen LogP contribution < -0.4 is 10.6 Å². The van der Waals surface area contributed by atoms with Crippen LogP contribution in [0.2, 0.25) is 0 Å². The SMILES string of the molecule is CCCCN1C(=O)CC(SCCCC(=O)N[C@H](C)C(=O)C[C@@H](C)C(=O)N[C@H](C)C(=O)CCSCCCCCC(C)=O)C1=O. The lowest BCUT2D eigenvalue weighted by Crippen LogP contribution is -2.43. The Hall–Kier alpha value is -2.21. The number of carbonyl (C=O) groups is 7. The van der Waals surface area contributed by atoms with Gasteiger partial charge in [-0.1, -0.05) is 26.7 Å². The molecule has 4 amide bonds. The Balaban J connectivity index is 2.25. The molecular weight excluding hydrogens is 590 g/mol. The zero-order chi connectivity index (χ0) is 32.4. The van der Waals surface area contributed by atoms with Crippen molar-refractivity contribution in [3.63, 3.8) is 0 Å². The smallest absolute Gasteiger partial charge is 0.242 e. The van der Waals surface area contributed by atoms with Crippen molar-refractivity contribution in [2.24, 2.45) is 5.92 Å². The summed E-state index contributed by atoms with van der Waals surface area (Å²) in [5, 5.41) is 4.99. The van der Waals surface area contributed by atoms with Crippen molar-refractivity contribution >= 4 is 64.5 Å². The molecule has 0 aromatic carbocycles. The lowest BCUT2D eigenvalue weighted by molar-refractivity contribution is -0.138. The van der Waals surface area contributed by atoms with Gasteiger partial charge in [0, 0.05) is 50.3 Å². The first-order valence-electron chi connectivity index (χ1n) is 15.5. The van der Waals surface area contributed by atoms with Crippen LogP contribution in [0.1, 0.15) is 105 Å². The first kappa shape index (κ1) is 38.8. The highest BCUT2D eigenvalue weighted by Crippen LogP contribution is 2.26. The monoisotopic (exact) mass is 641 g/mol. The molecule has 1 heterocycles. The van der Waals surface area contributed by atoms with Crippen LogP contribution in [0.25, 0.3) is 0 Å². The molecule has 0 spiro atoms. The lowest BCUT2D eigenvalue weighted by atomic mass is 9.99. The van der Waals surface area contributed by atoms with Gasteiger partial charge in [-0.2, -0.15) is 11.8 Å². The summed E-state index contributed by atoms with van der Waals surface area (Å²) in [7, 11) is 0. The van der Waals surface area contributed by atoms with Crippen LogP contribution in [0.5, 0.6) is 0 Å². The van der Waals surface area contributed by atoms with Crippen molar-refractivity contribution in [2.45, 2.75) is 123 Å². The summed E-state index contributed by atoms with van der Waals surface area (Å²) in [6.45, 7) is 8.91. The van der Waals surface area contributed by atoms with Gasteiger partial charge in [0.2, 0.25) is 23.6 Å². The molecular formula is C31H51N3O7S2. The van der Waals surface area contributed by atoms with Crippen LogP contribution >= 0.6 is 23.5 Å². The molecule has 2 N–H and O–H groups in total. The van der Waals surface area contributed by atoms with Crippen molar-refractivity contribution in [3.05, 3.63) is 0 Å². The summed E-state index contributed by atoms with van der Waals surface area (Å²) < 4.78 is 0. The van der Waals surface area contributed by atoms with Gasteiger partial charge >= 0.3 is 0 Å². The quantitative estimate of drug-likeness (QED) is 0.118. The number of carbonyl (C=O) groups excluding carboxylic acids is 7. The van der Waals surface area contributed by atoms with Gasteiger partial charge in [-0.15, -0.1) is 11.8 Å². The molecule has 43 heavy (non-hydrogen) atoms. The number of rotatable bonds is 24. The van der Waals surface area contributed by atoms with Crippen LogP contribution in [0.15, 0.2) is 0 Å². The summed E-state index contributed by atoms with van der Waals surface area (Å²) in [5.41, 5.74) is 0. The number of likely N-dealkylation sites (tertiary alicyclic amines) is 1. The average Bonchev–Trinajstić information content (AvgIpc) is 3.22. The van der Waals surface area contributed by atoms with Gasteiger partial charge in [-0.05, 0) is 58.0 Å². The fraction of sp³-hybridized carbons (Fsp3) is 0.774. The first-order valence-corrected chi connectivity index (χ1v) is 17.8. The topological polar surface area (TPSA) is 147 Å². The standard InChI is InChI=1S/C31H51N3O7S2/c1-6-7-15-34-29(39)20-27(31(34)41)43-17-11-13-28(38)32-24(5)26(37)19-21(2)30(40)33-23(4)25(36)14-18-42-16-10-8-9-12-22(3)35/h21,23-24,27H,6-20H2,1-5H3,(H,32,38)(H,33,40)/t21-,23-,24-,27?/m1/s1. The normalized spacial score (nSPS) is 17.0. The van der Waals surface area contributed by atoms with Gasteiger partial charge < -0.3 is 15.4 Å². The highest BCUT2D eigenvalue weighted by molar-refractivity contribution is 8.00. The maximum atomic E-state index is 12.6. The second-order valence-electron chi connectivity index (χ2n) is 11.3. The number of nitrogens with zero attached hydrogens (tertiary/aromatic N) is 1. The van der Waals surface area contributed by atoms with Crippen LogP contribution in [0.3, 0.4) is 0 Å². The number of ketones is 3. The Bertz CT molecular complexity index is 975. The number of hydrogen-bond donors (Lipinski definition) is 2. The maximum Gasteiger partial charge on any atom is 0.242 e. The van der Waals surface area contributed by atoms with Crippen LogP contribution in [0.4, 0.5) is 0 Å². The van der Waals surface area contributed by atoms with Crippen LogP contribution in [-0.4, -0.2) is 87.0 Å². The minimum atomic E-state index is -0.755. The van der Waals surface area contributed by atoms with E-state index in [4.69, 9.17) is 0 Å². The van der Waals surface area contributed by atoms with Crippen molar-refractivity contribution in [1.29, 1.82) is 0 Å². The third kappa shape index (κ3) is 15.9. The Morgan fingerprint density at radius 3 is 2.21 bits per heavy atom. The van der Waals surface area contributed by atoms with E-state index >= 15 is 0 Å². The minimum Gasteiger partial charge on any atom is -0.347 e. The number of imide groups is 1. The predicted molar refractivity (Wildman–Crippen MR) is 172 cm³/mol. The molecule has 244 valence electrons. The highest BCUT2D eigenvalue weighted by atomic mass is 32.2. The van der Waals surface area contributed by atoms with E-state index in [9.17, 15) is 33.6 Å². The molecule has 10 nitrogen and oxygen atoms in total. The molecule has 0 saturated carbocycles. The molecule has 0 aromatic rings. The second kappa shape index (κ2) is 21.5. The van der Waals surface area contributed by atoms with Gasteiger partial charge in [0.25, 0.3) is 0 Å². The van der Waals surface area contributed by atoms with E-state index in [0.717, 1.165) is 37.9 Å². The third-order valence-corrected chi connectivity index (χ3v) is 9.64. The van der Waals surface area contributed by atoms with E-state index in [-0.39, 0.29) is 60.2 Å². The lowest BCUT2D eigenvalue weighted by Gasteiger charge is -2.18. The summed E-state index contributed by atoms with van der Waals surface area (Å²) in [6, 6.07) is -1.40. The summed E-state index contributed by atoms with van der Waals surface area (Å²) in [4.78, 5) is 86.7. The van der Waals surface area contributed by atoms with Crippen LogP contribution in [0, 0.1) is 5.92 Å². The van der Waals surface area contributed by atoms with Gasteiger partial charge in [0.05, 0.1) is 17.3 Å². The Morgan fingerprint density at radius 1 is 0.837 bits per heavy atom. The largest absolute Gasteiger partial charge is 0.347 e. The zero-order valence-electron chi connectivity index (χ0n) is 26.5. The maximum absolute atomic E-state index is 12.6. The summed E-state index contributed by atoms with van der Waals surface area (Å²) >= 11 is 3.08. The van der Waals surface area contributed by atoms with E-state index < -0.39 is 23.3 Å². The molecule has 0 radical (unpaired) electrons. The van der Waals surface area contributed by atoms with Gasteiger partial charge in [0.1, 0.15) is 5.78 Å². The number of nitrogens with one attached hydrogen (secondary N) is 2. The number of hydrogen-bond acceptors (Lipinski definition) is 9. The fourth-order valence-corrected chi connectivity index (χ4v) is 6.52. The fourth-order valence-electron chi connectivity index (χ4n) is 4.44. The Kier molecular flexibility index (Phi) is 19.4. The second-order valence-corrected chi connectivity index (χ2v) is 13.9. The molecule has 4 atom stereocenters. The highest BCUT2D eigenvalue weighted by Gasteiger charge is 2.38. The number of amides is 4. The molecule has 1 saturated heterocycles. The van der Waals surface area contributed by atoms with E-state index in [2.05, 4.69) is 10.6 Å². The molecule has 12 heteroatoms. The van der Waals surface area contributed by atoms with E-state index in [1.165, 1.54) is 16.7 Å². The van der Waals surface area contributed by atoms with Gasteiger partial charge in [-0.3, -0.25) is 33.7 Å². The average molecular weight is 642 g/mol. The molecule has 0 aliphatic carbocycles. The first-order chi connectivity index (χ1) is 20.4.